The number of fused-ring (bicyclic) bond motifs is 1. The molecule has 0 aliphatic carbocycles. The van der Waals surface area contributed by atoms with E-state index in [0.717, 1.165) is 10.9 Å². The number of anilines is 1. The summed E-state index contributed by atoms with van der Waals surface area (Å²) in [6.07, 6.45) is -4.75. The number of nitrogens with zero attached hydrogens (tertiary/aromatic N) is 6. The van der Waals surface area contributed by atoms with Crippen LogP contribution in [0.2, 0.25) is 0 Å². The van der Waals surface area contributed by atoms with Crippen molar-refractivity contribution >= 4 is 35.0 Å². The molecular weight excluding hydrogens is 555 g/mol. The maximum absolute atomic E-state index is 16.4. The lowest BCUT2D eigenvalue weighted by Crippen LogP contribution is -2.44. The van der Waals surface area contributed by atoms with Crippen molar-refractivity contribution in [2.75, 3.05) is 11.9 Å². The molecule has 1 fully saturated rings. The number of benzene rings is 2. The number of carbonyl (C=O) groups excluding carboxylic acids is 3. The second kappa shape index (κ2) is 11.5. The number of aromatic nitrogens is 4. The Bertz CT molecular complexity index is 1760. The van der Waals surface area contributed by atoms with Crippen molar-refractivity contribution in [1.29, 1.82) is 0 Å². The van der Waals surface area contributed by atoms with Crippen LogP contribution in [0.15, 0.2) is 76.9 Å². The molecule has 0 unspecified atom stereocenters. The van der Waals surface area contributed by atoms with Crippen molar-refractivity contribution in [1.82, 2.24) is 19.5 Å². The molecule has 2 aromatic heterocycles. The highest BCUT2D eigenvalue weighted by atomic mass is 19.1. The molecule has 0 radical (unpaired) electrons. The van der Waals surface area contributed by atoms with E-state index in [1.165, 1.54) is 31.2 Å². The van der Waals surface area contributed by atoms with E-state index in [1.54, 1.807) is 36.4 Å². The third kappa shape index (κ3) is 5.39. The number of H-pyrrole nitrogens is 1. The molecular formula is C26H21FN8O7. The Kier molecular flexibility index (Phi) is 7.64. The Balaban J connectivity index is 1.56. The summed E-state index contributed by atoms with van der Waals surface area (Å²) in [5.41, 5.74) is 5.90. The van der Waals surface area contributed by atoms with Crippen LogP contribution in [0.4, 0.5) is 10.3 Å². The largest absolute Gasteiger partial charge is 0.459 e. The van der Waals surface area contributed by atoms with E-state index in [4.69, 9.17) is 14.2 Å². The summed E-state index contributed by atoms with van der Waals surface area (Å²) in [6.45, 7) is 0.291. The monoisotopic (exact) mass is 576 g/mol. The van der Waals surface area contributed by atoms with Gasteiger partial charge in [-0.15, -0.1) is 0 Å². The van der Waals surface area contributed by atoms with Crippen LogP contribution in [0.1, 0.15) is 33.9 Å². The molecule has 5 rings (SSSR count). The Morgan fingerprint density at radius 3 is 2.40 bits per heavy atom. The van der Waals surface area contributed by atoms with Crippen molar-refractivity contribution in [3.63, 3.8) is 0 Å². The lowest BCUT2D eigenvalue weighted by Gasteiger charge is -2.24. The summed E-state index contributed by atoms with van der Waals surface area (Å²) in [7, 11) is 0. The molecule has 0 bridgehead atoms. The van der Waals surface area contributed by atoms with Crippen LogP contribution in [0, 0.1) is 0 Å². The molecule has 1 saturated heterocycles. The van der Waals surface area contributed by atoms with Crippen LogP contribution in [0.5, 0.6) is 0 Å². The molecule has 3 heterocycles. The van der Waals surface area contributed by atoms with Gasteiger partial charge in [-0.2, -0.15) is 4.98 Å². The molecule has 2 N–H and O–H groups in total. The van der Waals surface area contributed by atoms with Crippen LogP contribution in [0.25, 0.3) is 21.6 Å². The highest BCUT2D eigenvalue weighted by molar-refractivity contribution is 5.90. The van der Waals surface area contributed by atoms with Crippen LogP contribution >= 0.6 is 0 Å². The summed E-state index contributed by atoms with van der Waals surface area (Å²) in [6, 6.07) is 15.5. The SMILES string of the molecule is CC(=O)Nc1nc2c(ncn2[C@@H]2O[C@@](COC(=O)c3ccccc3)(N=[N+]=[N-])[C@@H](F)[C@H]2OC(=O)c2ccccc2)c(=O)[nH]1. The van der Waals surface area contributed by atoms with Gasteiger partial charge in [-0.1, -0.05) is 41.5 Å². The maximum Gasteiger partial charge on any atom is 0.338 e. The number of rotatable bonds is 8. The Morgan fingerprint density at radius 1 is 1.14 bits per heavy atom. The van der Waals surface area contributed by atoms with E-state index in [1.807, 2.05) is 0 Å². The van der Waals surface area contributed by atoms with Crippen LogP contribution in [0.3, 0.4) is 0 Å². The van der Waals surface area contributed by atoms with Gasteiger partial charge in [0.05, 0.1) is 17.5 Å². The quantitative estimate of drug-likeness (QED) is 0.137. The van der Waals surface area contributed by atoms with E-state index in [2.05, 4.69) is 30.3 Å². The molecule has 1 amide bonds. The number of hydrogen-bond donors (Lipinski definition) is 2. The van der Waals surface area contributed by atoms with Gasteiger partial charge in [0.1, 0.15) is 6.61 Å². The summed E-state index contributed by atoms with van der Waals surface area (Å²) >= 11 is 0. The number of ether oxygens (including phenoxy) is 3. The average Bonchev–Trinajstić information content (AvgIpc) is 3.52. The number of carbonyl (C=O) groups is 3. The number of amides is 1. The predicted molar refractivity (Wildman–Crippen MR) is 142 cm³/mol. The fourth-order valence-electron chi connectivity index (χ4n) is 4.30. The summed E-state index contributed by atoms with van der Waals surface area (Å²) in [5, 5.41) is 5.82. The Hall–Kier alpha value is -5.60. The first kappa shape index (κ1) is 27.9. The van der Waals surface area contributed by atoms with Crippen molar-refractivity contribution < 1.29 is 33.0 Å². The standard InChI is InChI=1S/C26H21FN8O7/c1-14(36)30-25-31-20-17(21(37)32-25)29-13-35(20)22-18(41-24(39)16-10-6-3-7-11-16)19(27)26(42-22,33-34-28)12-40-23(38)15-8-4-2-5-9-15/h2-11,13,18-19,22H,12H2,1H3,(H2,30,31,32,36,37)/t18-,19+,22-,26-/m1/s1. The maximum atomic E-state index is 16.4. The average molecular weight is 577 g/mol. The molecule has 1 aliphatic heterocycles. The fourth-order valence-corrected chi connectivity index (χ4v) is 4.30. The molecule has 2 aromatic carbocycles. The second-order valence-corrected chi connectivity index (χ2v) is 9.04. The fraction of sp³-hybridized carbons (Fsp3) is 0.231. The minimum atomic E-state index is -2.51. The molecule has 16 heteroatoms. The van der Waals surface area contributed by atoms with Gasteiger partial charge in [0.2, 0.25) is 17.6 Å². The van der Waals surface area contributed by atoms with Gasteiger partial charge >= 0.3 is 11.9 Å². The van der Waals surface area contributed by atoms with Gasteiger partial charge in [-0.25, -0.2) is 19.0 Å². The second-order valence-electron chi connectivity index (χ2n) is 9.04. The summed E-state index contributed by atoms with van der Waals surface area (Å²) in [4.78, 5) is 63.0. The van der Waals surface area contributed by atoms with E-state index >= 15 is 4.39 Å². The Morgan fingerprint density at radius 2 is 1.79 bits per heavy atom. The number of imidazole rings is 1. The molecule has 4 aromatic rings. The number of hydrogen-bond acceptors (Lipinski definition) is 10. The zero-order valence-electron chi connectivity index (χ0n) is 21.7. The van der Waals surface area contributed by atoms with Gasteiger partial charge in [0.25, 0.3) is 5.56 Å². The normalized spacial score (nSPS) is 21.3. The minimum absolute atomic E-state index is 0.0817. The predicted octanol–water partition coefficient (Wildman–Crippen LogP) is 3.03. The van der Waals surface area contributed by atoms with E-state index in [9.17, 15) is 24.7 Å². The lowest BCUT2D eigenvalue weighted by molar-refractivity contribution is -0.116. The van der Waals surface area contributed by atoms with Crippen LogP contribution < -0.4 is 10.9 Å². The Labute approximate surface area is 234 Å². The highest BCUT2D eigenvalue weighted by Gasteiger charge is 2.60. The van der Waals surface area contributed by atoms with Crippen molar-refractivity contribution in [2.45, 2.75) is 31.2 Å². The molecule has 42 heavy (non-hydrogen) atoms. The zero-order valence-corrected chi connectivity index (χ0v) is 21.7. The van der Waals surface area contributed by atoms with Gasteiger partial charge in [0, 0.05) is 11.8 Å². The summed E-state index contributed by atoms with van der Waals surface area (Å²) < 4.78 is 34.1. The van der Waals surface area contributed by atoms with Gasteiger partial charge in [-0.3, -0.25) is 24.5 Å². The number of esters is 2. The smallest absolute Gasteiger partial charge is 0.338 e. The molecule has 214 valence electrons. The first-order valence-corrected chi connectivity index (χ1v) is 12.3. The lowest BCUT2D eigenvalue weighted by atomic mass is 10.1. The number of halogens is 1. The summed E-state index contributed by atoms with van der Waals surface area (Å²) in [5.74, 6) is -2.58. The third-order valence-electron chi connectivity index (χ3n) is 6.21. The number of aromatic amines is 1. The van der Waals surface area contributed by atoms with E-state index < -0.39 is 54.2 Å². The zero-order chi connectivity index (χ0) is 29.9. The topological polar surface area (TPSA) is 203 Å². The molecule has 0 spiro atoms. The third-order valence-corrected chi connectivity index (χ3v) is 6.21. The van der Waals surface area contributed by atoms with Gasteiger partial charge < -0.3 is 14.2 Å². The molecule has 1 aliphatic rings. The first-order chi connectivity index (χ1) is 20.2. The molecule has 4 atom stereocenters. The van der Waals surface area contributed by atoms with Crippen LogP contribution in [-0.4, -0.2) is 62.0 Å². The van der Waals surface area contributed by atoms with Crippen molar-refractivity contribution in [3.8, 4) is 0 Å². The number of nitrogens with one attached hydrogen (secondary N) is 2. The minimum Gasteiger partial charge on any atom is -0.459 e. The van der Waals surface area contributed by atoms with E-state index in [0.29, 0.717) is 0 Å². The first-order valence-electron chi connectivity index (χ1n) is 12.3. The molecule has 15 nitrogen and oxygen atoms in total. The van der Waals surface area contributed by atoms with Crippen molar-refractivity contribution in [3.05, 3.63) is 98.9 Å². The number of alkyl halides is 1. The number of azide groups is 1. The molecule has 0 saturated carbocycles. The van der Waals surface area contributed by atoms with Crippen LogP contribution in [-0.2, 0) is 19.0 Å². The van der Waals surface area contributed by atoms with Gasteiger partial charge in [0.15, 0.2) is 29.7 Å². The van der Waals surface area contributed by atoms with E-state index in [-0.39, 0.29) is 28.2 Å². The highest BCUT2D eigenvalue weighted by Crippen LogP contribution is 2.43. The van der Waals surface area contributed by atoms with Gasteiger partial charge in [-0.05, 0) is 29.8 Å². The van der Waals surface area contributed by atoms with Crippen molar-refractivity contribution in [2.24, 2.45) is 5.11 Å².